The molecule has 0 aromatic heterocycles. The number of halogens is 5. The van der Waals surface area contributed by atoms with Gasteiger partial charge in [-0.1, -0.05) is 6.07 Å². The van der Waals surface area contributed by atoms with Crippen LogP contribution >= 0.6 is 0 Å². The molecule has 1 aliphatic rings. The van der Waals surface area contributed by atoms with Crippen molar-refractivity contribution in [1.82, 2.24) is 10.2 Å². The van der Waals surface area contributed by atoms with Gasteiger partial charge in [0.1, 0.15) is 5.60 Å². The van der Waals surface area contributed by atoms with Gasteiger partial charge >= 0.3 is 12.3 Å². The maximum Gasteiger partial charge on any atom is 0.407 e. The van der Waals surface area contributed by atoms with Crippen LogP contribution in [0.4, 0.5) is 26.7 Å². The standard InChI is InChI=1S/C19H25F5N2O5S/c1-18(2,3)31-17(27)25-16-9-26(7-12(19(22,23)24)10-32(28,29)30)8-13(16)11-4-5-14(20)15(21)6-11/h4-6,12-13,16H,7-10H2,1-3H3,(H,25,27)(H,28,29,30)/t12-,13-,16+/m0/s1. The van der Waals surface area contributed by atoms with Crippen molar-refractivity contribution < 1.29 is 44.5 Å². The van der Waals surface area contributed by atoms with E-state index in [9.17, 15) is 35.2 Å². The second-order valence-corrected chi connectivity index (χ2v) is 10.2. The molecule has 7 nitrogen and oxygen atoms in total. The van der Waals surface area contributed by atoms with E-state index in [1.54, 1.807) is 20.8 Å². The first-order chi connectivity index (χ1) is 14.4. The summed E-state index contributed by atoms with van der Waals surface area (Å²) in [7, 11) is -4.90. The Morgan fingerprint density at radius 1 is 1.22 bits per heavy atom. The van der Waals surface area contributed by atoms with Gasteiger partial charge in [-0.3, -0.25) is 9.45 Å². The minimum atomic E-state index is -4.91. The van der Waals surface area contributed by atoms with Crippen molar-refractivity contribution in [2.24, 2.45) is 5.92 Å². The number of carbonyl (C=O) groups is 1. The molecule has 182 valence electrons. The van der Waals surface area contributed by atoms with Crippen LogP contribution in [-0.4, -0.2) is 67.2 Å². The Morgan fingerprint density at radius 3 is 2.34 bits per heavy atom. The summed E-state index contributed by atoms with van der Waals surface area (Å²) in [6.07, 6.45) is -5.76. The summed E-state index contributed by atoms with van der Waals surface area (Å²) in [6, 6.07) is 2.20. The Kier molecular flexibility index (Phi) is 7.78. The first-order valence-corrected chi connectivity index (χ1v) is 11.2. The van der Waals surface area contributed by atoms with E-state index >= 15 is 0 Å². The van der Waals surface area contributed by atoms with E-state index < -0.39 is 69.8 Å². The van der Waals surface area contributed by atoms with Gasteiger partial charge in [-0.15, -0.1) is 0 Å². The van der Waals surface area contributed by atoms with E-state index in [0.717, 1.165) is 12.1 Å². The Bertz CT molecular complexity index is 933. The third-order valence-corrected chi connectivity index (χ3v) is 5.65. The van der Waals surface area contributed by atoms with Crippen LogP contribution < -0.4 is 5.32 Å². The van der Waals surface area contributed by atoms with Gasteiger partial charge < -0.3 is 10.1 Å². The number of nitrogens with one attached hydrogen (secondary N) is 1. The van der Waals surface area contributed by atoms with Crippen molar-refractivity contribution in [2.45, 2.75) is 44.5 Å². The Hall–Kier alpha value is -1.99. The molecule has 13 heteroatoms. The van der Waals surface area contributed by atoms with Crippen LogP contribution in [0.3, 0.4) is 0 Å². The molecule has 0 spiro atoms. The van der Waals surface area contributed by atoms with Gasteiger partial charge in [0.2, 0.25) is 0 Å². The molecule has 0 bridgehead atoms. The number of hydrogen-bond donors (Lipinski definition) is 2. The van der Waals surface area contributed by atoms with Gasteiger partial charge in [0, 0.05) is 25.6 Å². The number of rotatable bonds is 6. The molecule has 1 aromatic rings. The molecule has 1 heterocycles. The maximum atomic E-state index is 13.8. The predicted octanol–water partition coefficient (Wildman–Crippen LogP) is 3.32. The van der Waals surface area contributed by atoms with Crippen LogP contribution in [0.25, 0.3) is 0 Å². The lowest BCUT2D eigenvalue weighted by atomic mass is 9.94. The summed E-state index contributed by atoms with van der Waals surface area (Å²) in [5, 5.41) is 2.54. The summed E-state index contributed by atoms with van der Waals surface area (Å²) in [5.41, 5.74) is -0.609. The zero-order chi connectivity index (χ0) is 24.5. The van der Waals surface area contributed by atoms with Crippen molar-refractivity contribution in [3.8, 4) is 0 Å². The lowest BCUT2D eigenvalue weighted by Gasteiger charge is -2.25. The monoisotopic (exact) mass is 488 g/mol. The first-order valence-electron chi connectivity index (χ1n) is 9.63. The molecule has 0 aliphatic carbocycles. The summed E-state index contributed by atoms with van der Waals surface area (Å²) >= 11 is 0. The molecule has 0 saturated carbocycles. The number of carbonyl (C=O) groups excluding carboxylic acids is 1. The molecule has 2 N–H and O–H groups in total. The summed E-state index contributed by atoms with van der Waals surface area (Å²) in [5.74, 6) is -6.89. The highest BCUT2D eigenvalue weighted by atomic mass is 32.2. The van der Waals surface area contributed by atoms with Gasteiger partial charge in [-0.25, -0.2) is 13.6 Å². The molecule has 1 aromatic carbocycles. The fourth-order valence-electron chi connectivity index (χ4n) is 3.54. The third kappa shape index (κ3) is 7.85. The lowest BCUT2D eigenvalue weighted by molar-refractivity contribution is -0.172. The zero-order valence-corrected chi connectivity index (χ0v) is 18.4. The zero-order valence-electron chi connectivity index (χ0n) is 17.6. The normalized spacial score (nSPS) is 21.4. The van der Waals surface area contributed by atoms with Crippen molar-refractivity contribution >= 4 is 16.2 Å². The molecule has 0 unspecified atom stereocenters. The van der Waals surface area contributed by atoms with Gasteiger partial charge in [0.05, 0.1) is 17.7 Å². The topological polar surface area (TPSA) is 95.9 Å². The molecule has 3 atom stereocenters. The molecule has 1 amide bonds. The van der Waals surface area contributed by atoms with Crippen molar-refractivity contribution in [2.75, 3.05) is 25.4 Å². The van der Waals surface area contributed by atoms with E-state index in [0.29, 0.717) is 0 Å². The quantitative estimate of drug-likeness (QED) is 0.471. The predicted molar refractivity (Wildman–Crippen MR) is 105 cm³/mol. The van der Waals surface area contributed by atoms with E-state index in [1.807, 2.05) is 0 Å². The highest BCUT2D eigenvalue weighted by molar-refractivity contribution is 7.85. The van der Waals surface area contributed by atoms with E-state index in [-0.39, 0.29) is 18.7 Å². The molecule has 1 saturated heterocycles. The average molecular weight is 488 g/mol. The summed E-state index contributed by atoms with van der Waals surface area (Å²) < 4.78 is 103. The van der Waals surface area contributed by atoms with Crippen LogP contribution in [0.5, 0.6) is 0 Å². The van der Waals surface area contributed by atoms with Crippen LogP contribution in [0, 0.1) is 17.6 Å². The number of nitrogens with zero attached hydrogens (tertiary/aromatic N) is 1. The number of amides is 1. The minimum absolute atomic E-state index is 0.108. The third-order valence-electron chi connectivity index (χ3n) is 4.82. The van der Waals surface area contributed by atoms with E-state index in [4.69, 9.17) is 9.29 Å². The van der Waals surface area contributed by atoms with Crippen LogP contribution in [0.2, 0.25) is 0 Å². The smallest absolute Gasteiger partial charge is 0.407 e. The molecule has 1 fully saturated rings. The van der Waals surface area contributed by atoms with Gasteiger partial charge in [-0.05, 0) is 38.5 Å². The minimum Gasteiger partial charge on any atom is -0.444 e. The van der Waals surface area contributed by atoms with Gasteiger partial charge in [0.25, 0.3) is 10.1 Å². The van der Waals surface area contributed by atoms with Crippen LogP contribution in [-0.2, 0) is 14.9 Å². The Morgan fingerprint density at radius 2 is 1.84 bits per heavy atom. The van der Waals surface area contributed by atoms with E-state index in [1.165, 1.54) is 11.0 Å². The van der Waals surface area contributed by atoms with Gasteiger partial charge in [-0.2, -0.15) is 21.6 Å². The Balaban J connectivity index is 2.27. The second-order valence-electron chi connectivity index (χ2n) is 8.74. The molecular formula is C19H25F5N2O5S. The maximum absolute atomic E-state index is 13.8. The highest BCUT2D eigenvalue weighted by Crippen LogP contribution is 2.33. The van der Waals surface area contributed by atoms with E-state index in [2.05, 4.69) is 5.32 Å². The number of alkyl halides is 3. The molecule has 32 heavy (non-hydrogen) atoms. The molecule has 2 rings (SSSR count). The van der Waals surface area contributed by atoms with Crippen molar-refractivity contribution in [1.29, 1.82) is 0 Å². The highest BCUT2D eigenvalue weighted by Gasteiger charge is 2.45. The fraction of sp³-hybridized carbons (Fsp3) is 0.632. The molecule has 1 aliphatic heterocycles. The van der Waals surface area contributed by atoms with Crippen molar-refractivity contribution in [3.05, 3.63) is 35.4 Å². The largest absolute Gasteiger partial charge is 0.444 e. The number of ether oxygens (including phenoxy) is 1. The first kappa shape index (κ1) is 26.3. The number of alkyl carbamates (subject to hydrolysis) is 1. The fourth-order valence-corrected chi connectivity index (χ4v) is 4.34. The molecule has 0 radical (unpaired) electrons. The summed E-state index contributed by atoms with van der Waals surface area (Å²) in [4.78, 5) is 13.5. The SMILES string of the molecule is CC(C)(C)OC(=O)N[C@@H]1CN(C[C@@H](CS(=O)(=O)O)C(F)(F)F)C[C@H]1c1ccc(F)c(F)c1. The number of hydrogen-bond acceptors (Lipinski definition) is 5. The van der Waals surface area contributed by atoms with Gasteiger partial charge in [0.15, 0.2) is 11.6 Å². The Labute approximate surface area is 182 Å². The van der Waals surface area contributed by atoms with Crippen molar-refractivity contribution in [3.63, 3.8) is 0 Å². The second kappa shape index (κ2) is 9.48. The van der Waals surface area contributed by atoms with Crippen LogP contribution in [0.1, 0.15) is 32.3 Å². The number of benzene rings is 1. The summed E-state index contributed by atoms with van der Waals surface area (Å²) in [6.45, 7) is 3.82. The lowest BCUT2D eigenvalue weighted by Crippen LogP contribution is -2.44. The van der Waals surface area contributed by atoms with Crippen LogP contribution in [0.15, 0.2) is 18.2 Å². The average Bonchev–Trinajstić information content (AvgIpc) is 2.95. The number of likely N-dealkylation sites (tertiary alicyclic amines) is 1. The molecular weight excluding hydrogens is 463 g/mol.